The van der Waals surface area contributed by atoms with E-state index in [2.05, 4.69) is 17.7 Å². The molecule has 2 nitrogen and oxygen atoms in total. The zero-order valence-corrected chi connectivity index (χ0v) is 8.00. The van der Waals surface area contributed by atoms with Gasteiger partial charge in [0, 0.05) is 0 Å². The van der Waals surface area contributed by atoms with Gasteiger partial charge >= 0.3 is 21.1 Å². The Morgan fingerprint density at radius 3 is 1.43 bits per heavy atom. The number of nitrogens with zero attached hydrogens (tertiary/aromatic N) is 1. The van der Waals surface area contributed by atoms with Crippen LogP contribution in [0.2, 0.25) is 0 Å². The molecule has 0 atom stereocenters. The van der Waals surface area contributed by atoms with E-state index < -0.39 is 0 Å². The minimum Gasteiger partial charge on any atom is -0.668 e. The molecule has 0 radical (unpaired) electrons. The summed E-state index contributed by atoms with van der Waals surface area (Å²) in [5.41, 5.74) is 0. The first-order valence-electron chi connectivity index (χ1n) is 1.75. The van der Waals surface area contributed by atoms with E-state index in [0.29, 0.717) is 0 Å². The molecule has 0 aliphatic heterocycles. The van der Waals surface area contributed by atoms with Gasteiger partial charge in [0.15, 0.2) is 0 Å². The van der Waals surface area contributed by atoms with Crippen LogP contribution >= 0.6 is 0 Å². The molecule has 0 saturated heterocycles. The van der Waals surface area contributed by atoms with Crippen LogP contribution in [0, 0.1) is 7.05 Å². The minimum atomic E-state index is 0. The maximum absolute atomic E-state index is 3.50. The van der Waals surface area contributed by atoms with Crippen molar-refractivity contribution in [2.24, 2.45) is 0 Å². The summed E-state index contributed by atoms with van der Waals surface area (Å²) >= 11 is 0. The van der Waals surface area contributed by atoms with Crippen molar-refractivity contribution in [3.05, 3.63) is 12.4 Å². The molecule has 44 valence electrons. The molecule has 0 aliphatic rings. The van der Waals surface area contributed by atoms with Gasteiger partial charge in [0.05, 0.1) is 0 Å². The third-order valence-corrected chi connectivity index (χ3v) is 0. The van der Waals surface area contributed by atoms with Gasteiger partial charge in [-0.15, -0.1) is 0 Å². The van der Waals surface area contributed by atoms with Crippen LogP contribution in [0.15, 0.2) is 0 Å². The van der Waals surface area contributed by atoms with Crippen molar-refractivity contribution < 1.29 is 21.1 Å². The van der Waals surface area contributed by atoms with E-state index in [0.717, 1.165) is 0 Å². The van der Waals surface area contributed by atoms with E-state index in [4.69, 9.17) is 0 Å². The van der Waals surface area contributed by atoms with Gasteiger partial charge in [-0.1, -0.05) is 0 Å². The van der Waals surface area contributed by atoms with Gasteiger partial charge in [0.1, 0.15) is 0 Å². The Labute approximate surface area is 60.3 Å². The molecule has 1 N–H and O–H groups in total. The summed E-state index contributed by atoms with van der Waals surface area (Å²) in [6, 6.07) is 0. The second-order valence-corrected chi connectivity index (χ2v) is 0.801. The number of nitrogens with one attached hydrogen (secondary N) is 1. The van der Waals surface area contributed by atoms with Gasteiger partial charge in [0.2, 0.25) is 0 Å². The van der Waals surface area contributed by atoms with Crippen LogP contribution < -0.4 is 5.32 Å². The monoisotopic (exact) mass is 272 g/mol. The van der Waals surface area contributed by atoms with Crippen LogP contribution in [0.25, 0.3) is 5.32 Å². The van der Waals surface area contributed by atoms with E-state index in [1.807, 2.05) is 0 Å². The summed E-state index contributed by atoms with van der Waals surface area (Å²) in [7, 11) is 8.50. The predicted molar refractivity (Wildman–Crippen MR) is 29.6 cm³/mol. The van der Waals surface area contributed by atoms with Crippen molar-refractivity contribution in [2.45, 2.75) is 0 Å². The Hall–Kier alpha value is 0.608. The topological polar surface area (TPSA) is 26.1 Å². The first-order valence-corrected chi connectivity index (χ1v) is 1.75. The molecule has 0 amide bonds. The summed E-state index contributed by atoms with van der Waals surface area (Å²) in [6.07, 6.45) is 0. The zero-order chi connectivity index (χ0) is 5.41. The summed E-state index contributed by atoms with van der Waals surface area (Å²) in [5, 5.41) is 6.00. The van der Waals surface area contributed by atoms with E-state index in [1.165, 1.54) is 0 Å². The Kier molecular flexibility index (Phi) is 68.3. The molecule has 3 heteroatoms. The van der Waals surface area contributed by atoms with Crippen LogP contribution in [0.1, 0.15) is 0 Å². The molecule has 0 heterocycles. The molecule has 0 spiro atoms. The first-order chi connectivity index (χ1) is 2.83. The Balaban J connectivity index is -0.0000000400. The second kappa shape index (κ2) is 30.6. The van der Waals surface area contributed by atoms with E-state index in [9.17, 15) is 0 Å². The second-order valence-electron chi connectivity index (χ2n) is 0.801. The smallest absolute Gasteiger partial charge is 0.668 e. The van der Waals surface area contributed by atoms with E-state index in [-0.39, 0.29) is 21.1 Å². The Morgan fingerprint density at radius 1 is 1.43 bits per heavy atom. The standard InChI is InChI=1S/2C2H6N.W/c2*1-3-2;/h1-2H3;3H,1H2,2H3;/q2*-1;+2. The average Bonchev–Trinajstić information content (AvgIpc) is 1.39. The van der Waals surface area contributed by atoms with Gasteiger partial charge in [-0.3, -0.25) is 7.05 Å². The van der Waals surface area contributed by atoms with Gasteiger partial charge < -0.3 is 10.6 Å². The van der Waals surface area contributed by atoms with Crippen molar-refractivity contribution in [3.8, 4) is 0 Å². The minimum absolute atomic E-state index is 0. The van der Waals surface area contributed by atoms with Crippen LogP contribution in [-0.2, 0) is 21.1 Å². The maximum Gasteiger partial charge on any atom is 2.00 e. The number of rotatable bonds is 0. The summed E-state index contributed by atoms with van der Waals surface area (Å²) < 4.78 is 0. The molecule has 7 heavy (non-hydrogen) atoms. The Bertz CT molecular complexity index is 11.7. The van der Waals surface area contributed by atoms with Gasteiger partial charge in [-0.05, 0) is 7.05 Å². The van der Waals surface area contributed by atoms with Crippen molar-refractivity contribution in [2.75, 3.05) is 21.1 Å². The zero-order valence-electron chi connectivity index (χ0n) is 5.06. The SMILES string of the molecule is C[N-]C.[CH2-]NC.[W+2]. The fraction of sp³-hybridized carbons (Fsp3) is 0.750. The predicted octanol–water partition coefficient (Wildman–Crippen LogP) is 0.615. The molecule has 0 bridgehead atoms. The molecule has 0 saturated carbocycles. The number of hydrogen-bond donors (Lipinski definition) is 1. The van der Waals surface area contributed by atoms with Crippen LogP contribution in [0.3, 0.4) is 0 Å². The molecule has 0 aliphatic carbocycles. The molecule has 0 rings (SSSR count). The van der Waals surface area contributed by atoms with Crippen LogP contribution in [0.5, 0.6) is 0 Å². The average molecular weight is 272 g/mol. The summed E-state index contributed by atoms with van der Waals surface area (Å²) in [5.74, 6) is 0. The quantitative estimate of drug-likeness (QED) is 0.643. The van der Waals surface area contributed by atoms with Crippen molar-refractivity contribution in [1.29, 1.82) is 0 Å². The third-order valence-electron chi connectivity index (χ3n) is 0. The fourth-order valence-electron chi connectivity index (χ4n) is 0. The molecular weight excluding hydrogens is 260 g/mol. The summed E-state index contributed by atoms with van der Waals surface area (Å²) in [6.45, 7) is 0. The van der Waals surface area contributed by atoms with Crippen LogP contribution in [0.4, 0.5) is 0 Å². The molecule has 0 aromatic rings. The van der Waals surface area contributed by atoms with Gasteiger partial charge in [0.25, 0.3) is 0 Å². The normalized spacial score (nSPS) is 5.14. The van der Waals surface area contributed by atoms with Gasteiger partial charge in [-0.25, -0.2) is 0 Å². The fourth-order valence-corrected chi connectivity index (χ4v) is 0. The molecule has 0 fully saturated rings. The van der Waals surface area contributed by atoms with Gasteiger partial charge in [-0.2, -0.15) is 14.1 Å². The molecule has 0 aromatic carbocycles. The van der Waals surface area contributed by atoms with Crippen LogP contribution in [-0.4, -0.2) is 21.1 Å². The van der Waals surface area contributed by atoms with Crippen molar-refractivity contribution in [1.82, 2.24) is 5.32 Å². The molecular formula is C4H12N2W. The summed E-state index contributed by atoms with van der Waals surface area (Å²) in [4.78, 5) is 0. The van der Waals surface area contributed by atoms with E-state index in [1.54, 1.807) is 21.1 Å². The molecule has 0 aromatic heterocycles. The van der Waals surface area contributed by atoms with Crippen molar-refractivity contribution in [3.63, 3.8) is 0 Å². The third kappa shape index (κ3) is 379. The Morgan fingerprint density at radius 2 is 1.43 bits per heavy atom. The number of hydrogen-bond acceptors (Lipinski definition) is 1. The first kappa shape index (κ1) is 15.6. The molecule has 0 unspecified atom stereocenters. The maximum atomic E-state index is 3.50. The van der Waals surface area contributed by atoms with Crippen molar-refractivity contribution >= 4 is 0 Å². The largest absolute Gasteiger partial charge is 2.00 e. The van der Waals surface area contributed by atoms with E-state index >= 15 is 0 Å².